The Morgan fingerprint density at radius 1 is 1.43 bits per heavy atom. The molecule has 114 valence electrons. The third kappa shape index (κ3) is 3.39. The highest BCUT2D eigenvalue weighted by Crippen LogP contribution is 2.33. The number of hydrogen-bond donors (Lipinski definition) is 1. The van der Waals surface area contributed by atoms with E-state index in [-0.39, 0.29) is 6.04 Å². The molecule has 1 N–H and O–H groups in total. The van der Waals surface area contributed by atoms with E-state index in [1.165, 1.54) is 5.56 Å². The van der Waals surface area contributed by atoms with Crippen LogP contribution in [-0.4, -0.2) is 23.4 Å². The first-order chi connectivity index (χ1) is 10.1. The second-order valence-electron chi connectivity index (χ2n) is 5.13. The number of aromatic nitrogens is 2. The van der Waals surface area contributed by atoms with Crippen LogP contribution in [0.15, 0.2) is 24.4 Å². The number of ether oxygens (including phenoxy) is 1. The van der Waals surface area contributed by atoms with Crippen molar-refractivity contribution < 1.29 is 4.74 Å². The standard InChI is InChI=1S/C16H22ClN3O/c1-5-8-18-15(16-13(17)10-19-20(16)3)12-9-11(2)6-7-14(12)21-4/h6-7,9-10,15,18H,5,8H2,1-4H3. The molecule has 2 aromatic rings. The van der Waals surface area contributed by atoms with E-state index >= 15 is 0 Å². The number of rotatable bonds is 6. The Hall–Kier alpha value is -1.52. The normalized spacial score (nSPS) is 12.4. The van der Waals surface area contributed by atoms with Crippen molar-refractivity contribution in [2.75, 3.05) is 13.7 Å². The lowest BCUT2D eigenvalue weighted by molar-refractivity contribution is 0.402. The fourth-order valence-electron chi connectivity index (χ4n) is 2.47. The highest BCUT2D eigenvalue weighted by atomic mass is 35.5. The van der Waals surface area contributed by atoms with Crippen molar-refractivity contribution in [3.8, 4) is 5.75 Å². The fraction of sp³-hybridized carbons (Fsp3) is 0.438. The molecule has 0 saturated heterocycles. The molecule has 4 nitrogen and oxygen atoms in total. The fourth-order valence-corrected chi connectivity index (χ4v) is 2.74. The lowest BCUT2D eigenvalue weighted by atomic mass is 10.00. The summed E-state index contributed by atoms with van der Waals surface area (Å²) in [6.07, 6.45) is 2.72. The molecule has 0 saturated carbocycles. The molecule has 0 fully saturated rings. The first-order valence-electron chi connectivity index (χ1n) is 7.13. The molecule has 0 amide bonds. The van der Waals surface area contributed by atoms with Crippen molar-refractivity contribution in [1.82, 2.24) is 15.1 Å². The van der Waals surface area contributed by atoms with Gasteiger partial charge in [0, 0.05) is 12.6 Å². The third-order valence-corrected chi connectivity index (χ3v) is 3.80. The average Bonchev–Trinajstić information content (AvgIpc) is 2.80. The van der Waals surface area contributed by atoms with Crippen LogP contribution in [0, 0.1) is 6.92 Å². The molecule has 1 aromatic heterocycles. The molecule has 1 atom stereocenters. The number of nitrogens with zero attached hydrogens (tertiary/aromatic N) is 2. The zero-order valence-corrected chi connectivity index (χ0v) is 13.7. The van der Waals surface area contributed by atoms with Crippen LogP contribution in [0.4, 0.5) is 0 Å². The van der Waals surface area contributed by atoms with Crippen LogP contribution < -0.4 is 10.1 Å². The van der Waals surface area contributed by atoms with Gasteiger partial charge in [0.15, 0.2) is 0 Å². The van der Waals surface area contributed by atoms with Gasteiger partial charge in [0.05, 0.1) is 30.1 Å². The molecule has 0 aliphatic heterocycles. The van der Waals surface area contributed by atoms with E-state index in [4.69, 9.17) is 16.3 Å². The summed E-state index contributed by atoms with van der Waals surface area (Å²) in [6.45, 7) is 5.11. The molecule has 5 heteroatoms. The van der Waals surface area contributed by atoms with Gasteiger partial charge in [-0.3, -0.25) is 4.68 Å². The van der Waals surface area contributed by atoms with Gasteiger partial charge in [-0.15, -0.1) is 0 Å². The van der Waals surface area contributed by atoms with Crippen LogP contribution in [0.5, 0.6) is 5.75 Å². The van der Waals surface area contributed by atoms with Crippen LogP contribution in [0.25, 0.3) is 0 Å². The molecule has 1 aromatic carbocycles. The Balaban J connectivity index is 2.53. The van der Waals surface area contributed by atoms with Crippen molar-refractivity contribution in [3.63, 3.8) is 0 Å². The first kappa shape index (κ1) is 15.9. The first-order valence-corrected chi connectivity index (χ1v) is 7.51. The largest absolute Gasteiger partial charge is 0.496 e. The molecule has 21 heavy (non-hydrogen) atoms. The van der Waals surface area contributed by atoms with E-state index < -0.39 is 0 Å². The van der Waals surface area contributed by atoms with Gasteiger partial charge >= 0.3 is 0 Å². The quantitative estimate of drug-likeness (QED) is 0.888. The minimum atomic E-state index is -0.0419. The summed E-state index contributed by atoms with van der Waals surface area (Å²) in [5, 5.41) is 8.46. The number of methoxy groups -OCH3 is 1. The van der Waals surface area contributed by atoms with E-state index in [1.54, 1.807) is 13.3 Å². The topological polar surface area (TPSA) is 39.1 Å². The molecule has 1 unspecified atom stereocenters. The summed E-state index contributed by atoms with van der Waals surface area (Å²) >= 11 is 6.34. The average molecular weight is 308 g/mol. The second-order valence-corrected chi connectivity index (χ2v) is 5.54. The maximum absolute atomic E-state index is 6.34. The highest BCUT2D eigenvalue weighted by molar-refractivity contribution is 6.31. The van der Waals surface area contributed by atoms with Gasteiger partial charge in [0.2, 0.25) is 0 Å². The Morgan fingerprint density at radius 2 is 2.19 bits per heavy atom. The van der Waals surface area contributed by atoms with Crippen LogP contribution in [0.3, 0.4) is 0 Å². The van der Waals surface area contributed by atoms with E-state index in [0.717, 1.165) is 30.0 Å². The molecule has 0 aliphatic rings. The Bertz CT molecular complexity index is 590. The monoisotopic (exact) mass is 307 g/mol. The van der Waals surface area contributed by atoms with Gasteiger partial charge in [-0.25, -0.2) is 0 Å². The summed E-state index contributed by atoms with van der Waals surface area (Å²) in [5.74, 6) is 0.853. The van der Waals surface area contributed by atoms with Crippen LogP contribution in [-0.2, 0) is 7.05 Å². The summed E-state index contributed by atoms with van der Waals surface area (Å²) in [6, 6.07) is 6.13. The highest BCUT2D eigenvalue weighted by Gasteiger charge is 2.23. The van der Waals surface area contributed by atoms with Gasteiger partial charge in [0.1, 0.15) is 5.75 Å². The number of nitrogens with one attached hydrogen (secondary N) is 1. The van der Waals surface area contributed by atoms with Crippen LogP contribution in [0.1, 0.15) is 36.2 Å². The number of hydrogen-bond acceptors (Lipinski definition) is 3. The second kappa shape index (κ2) is 6.96. The maximum atomic E-state index is 6.34. The molecular weight excluding hydrogens is 286 g/mol. The molecule has 0 bridgehead atoms. The number of aryl methyl sites for hydroxylation is 2. The minimum absolute atomic E-state index is 0.0419. The summed E-state index contributed by atoms with van der Waals surface area (Å²) in [4.78, 5) is 0. The van der Waals surface area contributed by atoms with Gasteiger partial charge < -0.3 is 10.1 Å². The number of benzene rings is 1. The lowest BCUT2D eigenvalue weighted by Crippen LogP contribution is -2.26. The van der Waals surface area contributed by atoms with Crippen LogP contribution in [0.2, 0.25) is 5.02 Å². The Kier molecular flexibility index (Phi) is 5.26. The molecule has 0 spiro atoms. The minimum Gasteiger partial charge on any atom is -0.496 e. The molecule has 1 heterocycles. The zero-order valence-electron chi connectivity index (χ0n) is 13.0. The molecule has 2 rings (SSSR count). The van der Waals surface area contributed by atoms with Crippen molar-refractivity contribution in [3.05, 3.63) is 46.2 Å². The van der Waals surface area contributed by atoms with Crippen molar-refractivity contribution in [2.24, 2.45) is 7.05 Å². The van der Waals surface area contributed by atoms with Gasteiger partial charge in [-0.1, -0.05) is 36.2 Å². The van der Waals surface area contributed by atoms with Crippen molar-refractivity contribution >= 4 is 11.6 Å². The van der Waals surface area contributed by atoms with Gasteiger partial charge in [0.25, 0.3) is 0 Å². The van der Waals surface area contributed by atoms with Gasteiger partial charge in [-0.05, 0) is 26.0 Å². The smallest absolute Gasteiger partial charge is 0.124 e. The van der Waals surface area contributed by atoms with E-state index in [2.05, 4.69) is 30.3 Å². The predicted molar refractivity (Wildman–Crippen MR) is 86.1 cm³/mol. The van der Waals surface area contributed by atoms with Gasteiger partial charge in [-0.2, -0.15) is 5.10 Å². The summed E-state index contributed by atoms with van der Waals surface area (Å²) in [5.41, 5.74) is 3.22. The SMILES string of the molecule is CCCNC(c1cc(C)ccc1OC)c1c(Cl)cnn1C. The lowest BCUT2D eigenvalue weighted by Gasteiger charge is -2.22. The molecular formula is C16H22ClN3O. The van der Waals surface area contributed by atoms with E-state index in [0.29, 0.717) is 5.02 Å². The summed E-state index contributed by atoms with van der Waals surface area (Å²) in [7, 11) is 3.60. The maximum Gasteiger partial charge on any atom is 0.124 e. The third-order valence-electron chi connectivity index (χ3n) is 3.51. The van der Waals surface area contributed by atoms with Crippen molar-refractivity contribution in [1.29, 1.82) is 0 Å². The Morgan fingerprint density at radius 3 is 2.76 bits per heavy atom. The predicted octanol–water partition coefficient (Wildman–Crippen LogP) is 3.48. The Labute approximate surface area is 131 Å². The van der Waals surface area contributed by atoms with Crippen molar-refractivity contribution in [2.45, 2.75) is 26.3 Å². The zero-order chi connectivity index (χ0) is 15.4. The van der Waals surface area contributed by atoms with Crippen LogP contribution >= 0.6 is 11.6 Å². The molecule has 0 radical (unpaired) electrons. The van der Waals surface area contributed by atoms with E-state index in [9.17, 15) is 0 Å². The van der Waals surface area contributed by atoms with E-state index in [1.807, 2.05) is 23.9 Å². The number of halogens is 1. The summed E-state index contributed by atoms with van der Waals surface area (Å²) < 4.78 is 7.34. The molecule has 0 aliphatic carbocycles.